The number of ether oxygens (including phenoxy) is 2. The van der Waals surface area contributed by atoms with Crippen LogP contribution in [0.15, 0.2) is 65.6 Å². The Bertz CT molecular complexity index is 1370. The minimum Gasteiger partial charge on any atom is -0.495 e. The van der Waals surface area contributed by atoms with Crippen molar-refractivity contribution in [3.63, 3.8) is 0 Å². The van der Waals surface area contributed by atoms with Crippen molar-refractivity contribution in [2.45, 2.75) is 31.1 Å². The number of nitrogens with one attached hydrogen (secondary N) is 2. The molecule has 0 heterocycles. The van der Waals surface area contributed by atoms with Gasteiger partial charge in [0.2, 0.25) is 0 Å². The van der Waals surface area contributed by atoms with Crippen molar-refractivity contribution in [3.8, 4) is 5.75 Å². The Morgan fingerprint density at radius 2 is 1.63 bits per heavy atom. The summed E-state index contributed by atoms with van der Waals surface area (Å²) >= 11 is 0. The lowest BCUT2D eigenvalue weighted by molar-refractivity contribution is -0.119. The quantitative estimate of drug-likeness (QED) is 0.457. The number of hydrogen-bond donors (Lipinski definition) is 2. The third kappa shape index (κ3) is 5.81. The number of fused-ring (bicyclic) bond motifs is 1. The maximum atomic E-state index is 13.0. The van der Waals surface area contributed by atoms with E-state index in [1.165, 1.54) is 30.4 Å². The summed E-state index contributed by atoms with van der Waals surface area (Å²) in [4.78, 5) is 24.6. The number of hydrogen-bond acceptors (Lipinski definition) is 6. The van der Waals surface area contributed by atoms with Crippen molar-refractivity contribution >= 4 is 33.3 Å². The summed E-state index contributed by atoms with van der Waals surface area (Å²) in [5, 5.41) is 2.72. The van der Waals surface area contributed by atoms with E-state index >= 15 is 0 Å². The summed E-state index contributed by atoms with van der Waals surface area (Å²) in [6.07, 6.45) is 3.13. The maximum absolute atomic E-state index is 13.0. The summed E-state index contributed by atoms with van der Waals surface area (Å²) < 4.78 is 38.7. The molecule has 0 saturated heterocycles. The molecule has 1 aliphatic rings. The van der Waals surface area contributed by atoms with Crippen molar-refractivity contribution in [1.82, 2.24) is 0 Å². The molecule has 0 radical (unpaired) electrons. The number of amides is 1. The van der Waals surface area contributed by atoms with Gasteiger partial charge in [-0.15, -0.1) is 0 Å². The Morgan fingerprint density at radius 3 is 2.37 bits per heavy atom. The van der Waals surface area contributed by atoms with Crippen molar-refractivity contribution in [3.05, 3.63) is 82.9 Å². The molecule has 0 bridgehead atoms. The molecule has 1 aliphatic carbocycles. The first kappa shape index (κ1) is 24.3. The molecule has 8 nitrogen and oxygen atoms in total. The lowest BCUT2D eigenvalue weighted by Gasteiger charge is -2.13. The van der Waals surface area contributed by atoms with Crippen molar-refractivity contribution in [2.75, 3.05) is 23.8 Å². The van der Waals surface area contributed by atoms with Gasteiger partial charge in [-0.1, -0.05) is 23.8 Å². The molecular weight excluding hydrogens is 468 g/mol. The van der Waals surface area contributed by atoms with Crippen LogP contribution in [0, 0.1) is 6.92 Å². The van der Waals surface area contributed by atoms with E-state index in [9.17, 15) is 18.0 Å². The van der Waals surface area contributed by atoms with E-state index in [0.717, 1.165) is 30.9 Å². The van der Waals surface area contributed by atoms with Gasteiger partial charge in [-0.3, -0.25) is 9.52 Å². The Hall–Kier alpha value is -3.85. The fourth-order valence-corrected chi connectivity index (χ4v) is 5.16. The van der Waals surface area contributed by atoms with Gasteiger partial charge in [0.25, 0.3) is 15.9 Å². The first-order chi connectivity index (χ1) is 16.7. The van der Waals surface area contributed by atoms with Gasteiger partial charge in [0, 0.05) is 11.4 Å². The Morgan fingerprint density at radius 1 is 0.914 bits per heavy atom. The van der Waals surface area contributed by atoms with Gasteiger partial charge in [-0.25, -0.2) is 13.2 Å². The Kier molecular flexibility index (Phi) is 7.07. The second kappa shape index (κ2) is 10.2. The molecule has 0 saturated carbocycles. The molecule has 0 atom stereocenters. The standard InChI is InChI=1S/C26H26N2O6S/c1-17-6-10-21(11-7-17)28-35(31,32)24-15-20(9-13-23(24)33-2)26(30)34-16-25(29)27-22-12-8-18-4-3-5-19(18)14-22/h6-15,28H,3-5,16H2,1-2H3,(H,27,29). The van der Waals surface area contributed by atoms with Crippen LogP contribution in [0.2, 0.25) is 0 Å². The second-order valence-corrected chi connectivity index (χ2v) is 9.95. The lowest BCUT2D eigenvalue weighted by Crippen LogP contribution is -2.21. The third-order valence-electron chi connectivity index (χ3n) is 5.71. The highest BCUT2D eigenvalue weighted by atomic mass is 32.2. The number of carbonyl (C=O) groups excluding carboxylic acids is 2. The van der Waals surface area contributed by atoms with Gasteiger partial charge >= 0.3 is 5.97 Å². The summed E-state index contributed by atoms with van der Waals surface area (Å²) in [7, 11) is -2.73. The van der Waals surface area contributed by atoms with E-state index in [1.54, 1.807) is 24.3 Å². The zero-order valence-electron chi connectivity index (χ0n) is 19.5. The average Bonchev–Trinajstić information content (AvgIpc) is 3.31. The zero-order valence-corrected chi connectivity index (χ0v) is 20.3. The number of methoxy groups -OCH3 is 1. The van der Waals surface area contributed by atoms with Crippen LogP contribution in [-0.2, 0) is 32.4 Å². The van der Waals surface area contributed by atoms with E-state index in [1.807, 2.05) is 25.1 Å². The van der Waals surface area contributed by atoms with Gasteiger partial charge < -0.3 is 14.8 Å². The highest BCUT2D eigenvalue weighted by Gasteiger charge is 2.23. The minimum atomic E-state index is -4.06. The lowest BCUT2D eigenvalue weighted by atomic mass is 10.1. The predicted octanol–water partition coefficient (Wildman–Crippen LogP) is 4.09. The molecule has 4 rings (SSSR count). The minimum absolute atomic E-state index is 0.0274. The highest BCUT2D eigenvalue weighted by molar-refractivity contribution is 7.92. The van der Waals surface area contributed by atoms with E-state index < -0.39 is 28.5 Å². The summed E-state index contributed by atoms with van der Waals surface area (Å²) in [6.45, 7) is 1.38. The first-order valence-electron chi connectivity index (χ1n) is 11.1. The number of aryl methyl sites for hydroxylation is 3. The normalized spacial score (nSPS) is 12.5. The molecule has 3 aromatic carbocycles. The van der Waals surface area contributed by atoms with E-state index in [2.05, 4.69) is 10.0 Å². The van der Waals surface area contributed by atoms with E-state index in [4.69, 9.17) is 9.47 Å². The van der Waals surface area contributed by atoms with Crippen LogP contribution in [0.4, 0.5) is 11.4 Å². The molecule has 0 aliphatic heterocycles. The van der Waals surface area contributed by atoms with Gasteiger partial charge in [0.1, 0.15) is 10.6 Å². The predicted molar refractivity (Wildman–Crippen MR) is 132 cm³/mol. The van der Waals surface area contributed by atoms with Crippen LogP contribution < -0.4 is 14.8 Å². The summed E-state index contributed by atoms with van der Waals surface area (Å²) in [5.41, 5.74) is 4.47. The number of anilines is 2. The number of rotatable bonds is 8. The number of carbonyl (C=O) groups is 2. The molecule has 2 N–H and O–H groups in total. The molecule has 182 valence electrons. The first-order valence-corrected chi connectivity index (χ1v) is 12.6. The molecule has 0 unspecified atom stereocenters. The van der Waals surface area contributed by atoms with Crippen LogP contribution in [0.3, 0.4) is 0 Å². The number of sulfonamides is 1. The van der Waals surface area contributed by atoms with E-state index in [0.29, 0.717) is 11.4 Å². The summed E-state index contributed by atoms with van der Waals surface area (Å²) in [5.74, 6) is -1.25. The van der Waals surface area contributed by atoms with Crippen LogP contribution >= 0.6 is 0 Å². The van der Waals surface area contributed by atoms with E-state index in [-0.39, 0.29) is 16.2 Å². The Balaban J connectivity index is 1.43. The third-order valence-corrected chi connectivity index (χ3v) is 7.11. The smallest absolute Gasteiger partial charge is 0.338 e. The molecule has 3 aromatic rings. The molecule has 9 heteroatoms. The Labute approximate surface area is 204 Å². The van der Waals surface area contributed by atoms with Crippen LogP contribution in [0.25, 0.3) is 0 Å². The van der Waals surface area contributed by atoms with Gasteiger partial charge in [0.15, 0.2) is 6.61 Å². The fourth-order valence-electron chi connectivity index (χ4n) is 3.91. The van der Waals surface area contributed by atoms with Crippen molar-refractivity contribution in [1.29, 1.82) is 0 Å². The summed E-state index contributed by atoms with van der Waals surface area (Å²) in [6, 6.07) is 16.5. The van der Waals surface area contributed by atoms with Gasteiger partial charge in [-0.2, -0.15) is 0 Å². The molecule has 0 aromatic heterocycles. The molecule has 35 heavy (non-hydrogen) atoms. The fraction of sp³-hybridized carbons (Fsp3) is 0.231. The SMILES string of the molecule is COc1ccc(C(=O)OCC(=O)Nc2ccc3c(c2)CCC3)cc1S(=O)(=O)Nc1ccc(C)cc1. The van der Waals surface area contributed by atoms with Crippen LogP contribution in [0.1, 0.15) is 33.5 Å². The second-order valence-electron chi connectivity index (χ2n) is 8.30. The number of benzene rings is 3. The molecular formula is C26H26N2O6S. The van der Waals surface area contributed by atoms with Crippen LogP contribution in [-0.4, -0.2) is 34.0 Å². The molecule has 0 fully saturated rings. The van der Waals surface area contributed by atoms with Gasteiger partial charge in [0.05, 0.1) is 12.7 Å². The van der Waals surface area contributed by atoms with Crippen LogP contribution in [0.5, 0.6) is 5.75 Å². The van der Waals surface area contributed by atoms with Gasteiger partial charge in [-0.05, 0) is 79.8 Å². The maximum Gasteiger partial charge on any atom is 0.338 e. The van der Waals surface area contributed by atoms with Crippen molar-refractivity contribution < 1.29 is 27.5 Å². The largest absolute Gasteiger partial charge is 0.495 e. The molecule has 0 spiro atoms. The average molecular weight is 495 g/mol. The zero-order chi connectivity index (χ0) is 25.0. The molecule has 1 amide bonds. The van der Waals surface area contributed by atoms with Crippen molar-refractivity contribution in [2.24, 2.45) is 0 Å². The monoisotopic (exact) mass is 494 g/mol. The highest BCUT2D eigenvalue weighted by Crippen LogP contribution is 2.28. The number of esters is 1. The topological polar surface area (TPSA) is 111 Å².